The highest BCUT2D eigenvalue weighted by atomic mass is 16.5. The minimum absolute atomic E-state index is 0.186. The second kappa shape index (κ2) is 4.94. The summed E-state index contributed by atoms with van der Waals surface area (Å²) >= 11 is 0. The van der Waals surface area contributed by atoms with Crippen molar-refractivity contribution < 1.29 is 9.53 Å². The lowest BCUT2D eigenvalue weighted by Crippen LogP contribution is -2.21. The molecule has 5 nitrogen and oxygen atoms in total. The third kappa shape index (κ3) is 2.49. The molecule has 0 bridgehead atoms. The van der Waals surface area contributed by atoms with Gasteiger partial charge in [-0.1, -0.05) is 0 Å². The quantitative estimate of drug-likeness (QED) is 0.764. The molecule has 16 heavy (non-hydrogen) atoms. The first-order chi connectivity index (χ1) is 7.79. The number of nitrogens with zero attached hydrogens (tertiary/aromatic N) is 1. The van der Waals surface area contributed by atoms with Crippen LogP contribution in [0.25, 0.3) is 0 Å². The van der Waals surface area contributed by atoms with E-state index >= 15 is 0 Å². The van der Waals surface area contributed by atoms with Crippen LogP contribution in [0.2, 0.25) is 0 Å². The number of carbonyl (C=O) groups is 1. The predicted molar refractivity (Wildman–Crippen MR) is 59.5 cm³/mol. The van der Waals surface area contributed by atoms with Gasteiger partial charge < -0.3 is 15.4 Å². The van der Waals surface area contributed by atoms with Gasteiger partial charge in [-0.25, -0.2) is 4.98 Å². The van der Waals surface area contributed by atoms with Gasteiger partial charge in [-0.2, -0.15) is 0 Å². The van der Waals surface area contributed by atoms with Gasteiger partial charge in [0.1, 0.15) is 17.5 Å². The molecule has 1 aliphatic heterocycles. The average Bonchev–Trinajstić information content (AvgIpc) is 2.82. The lowest BCUT2D eigenvalue weighted by Gasteiger charge is -2.11. The van der Waals surface area contributed by atoms with Crippen LogP contribution in [0.4, 0.5) is 0 Å². The lowest BCUT2D eigenvalue weighted by atomic mass is 10.3. The standard InChI is InChI=1S/C11H15N3O2/c1-12-11(15)10-3-2-8(7-14-10)16-9-4-5-13-6-9/h2-3,7,9,13H,4-6H2,1H3,(H,12,15). The van der Waals surface area contributed by atoms with Gasteiger partial charge in [0.2, 0.25) is 0 Å². The molecule has 2 rings (SSSR count). The molecule has 0 aromatic carbocycles. The van der Waals surface area contributed by atoms with E-state index in [1.165, 1.54) is 0 Å². The zero-order valence-electron chi connectivity index (χ0n) is 9.19. The summed E-state index contributed by atoms with van der Waals surface area (Å²) in [6, 6.07) is 3.44. The van der Waals surface area contributed by atoms with Gasteiger partial charge in [0.25, 0.3) is 5.91 Å². The number of pyridine rings is 1. The molecule has 0 radical (unpaired) electrons. The van der Waals surface area contributed by atoms with Gasteiger partial charge in [-0.3, -0.25) is 4.79 Å². The first-order valence-corrected chi connectivity index (χ1v) is 5.35. The van der Waals surface area contributed by atoms with Crippen LogP contribution >= 0.6 is 0 Å². The number of ether oxygens (including phenoxy) is 1. The molecular formula is C11H15N3O2. The Hall–Kier alpha value is -1.62. The molecular weight excluding hydrogens is 206 g/mol. The Balaban J connectivity index is 1.98. The number of aromatic nitrogens is 1. The second-order valence-corrected chi connectivity index (χ2v) is 3.69. The Morgan fingerprint density at radius 3 is 3.06 bits per heavy atom. The van der Waals surface area contributed by atoms with Crippen LogP contribution in [0.3, 0.4) is 0 Å². The molecule has 2 heterocycles. The van der Waals surface area contributed by atoms with Gasteiger partial charge in [-0.05, 0) is 25.1 Å². The Morgan fingerprint density at radius 2 is 2.50 bits per heavy atom. The average molecular weight is 221 g/mol. The van der Waals surface area contributed by atoms with E-state index in [-0.39, 0.29) is 12.0 Å². The Kier molecular flexibility index (Phi) is 3.36. The third-order valence-corrected chi connectivity index (χ3v) is 2.51. The monoisotopic (exact) mass is 221 g/mol. The van der Waals surface area contributed by atoms with E-state index in [4.69, 9.17) is 4.74 Å². The van der Waals surface area contributed by atoms with Crippen LogP contribution in [0.1, 0.15) is 16.9 Å². The molecule has 0 saturated carbocycles. The minimum atomic E-state index is -0.186. The fraction of sp³-hybridized carbons (Fsp3) is 0.455. The van der Waals surface area contributed by atoms with Crippen LogP contribution in [0, 0.1) is 0 Å². The number of carbonyl (C=O) groups excluding carboxylic acids is 1. The molecule has 1 atom stereocenters. The lowest BCUT2D eigenvalue weighted by molar-refractivity contribution is 0.0958. The van der Waals surface area contributed by atoms with Crippen LogP contribution in [0.5, 0.6) is 5.75 Å². The number of rotatable bonds is 3. The summed E-state index contributed by atoms with van der Waals surface area (Å²) in [6.07, 6.45) is 2.81. The predicted octanol–water partition coefficient (Wildman–Crippen LogP) is 0.182. The Morgan fingerprint density at radius 1 is 1.62 bits per heavy atom. The number of nitrogens with one attached hydrogen (secondary N) is 2. The van der Waals surface area contributed by atoms with E-state index in [0.29, 0.717) is 11.4 Å². The maximum absolute atomic E-state index is 11.2. The van der Waals surface area contributed by atoms with Crippen molar-refractivity contribution in [2.45, 2.75) is 12.5 Å². The number of amides is 1. The van der Waals surface area contributed by atoms with Gasteiger partial charge in [-0.15, -0.1) is 0 Å². The first-order valence-electron chi connectivity index (χ1n) is 5.35. The molecule has 1 aliphatic rings. The van der Waals surface area contributed by atoms with Crippen LogP contribution in [-0.4, -0.2) is 37.1 Å². The SMILES string of the molecule is CNC(=O)c1ccc(OC2CCNC2)cn1. The van der Waals surface area contributed by atoms with Crippen LogP contribution in [-0.2, 0) is 0 Å². The van der Waals surface area contributed by atoms with Crippen molar-refractivity contribution in [1.82, 2.24) is 15.6 Å². The summed E-state index contributed by atoms with van der Waals surface area (Å²) in [5.41, 5.74) is 0.402. The van der Waals surface area contributed by atoms with Crippen molar-refractivity contribution in [3.05, 3.63) is 24.0 Å². The van der Waals surface area contributed by atoms with E-state index in [0.717, 1.165) is 19.5 Å². The summed E-state index contributed by atoms with van der Waals surface area (Å²) < 4.78 is 5.69. The van der Waals surface area contributed by atoms with Crippen molar-refractivity contribution in [2.75, 3.05) is 20.1 Å². The van der Waals surface area contributed by atoms with E-state index in [1.54, 1.807) is 25.4 Å². The smallest absolute Gasteiger partial charge is 0.269 e. The van der Waals surface area contributed by atoms with E-state index < -0.39 is 0 Å². The molecule has 1 saturated heterocycles. The molecule has 1 aromatic rings. The second-order valence-electron chi connectivity index (χ2n) is 3.69. The summed E-state index contributed by atoms with van der Waals surface area (Å²) in [7, 11) is 1.58. The van der Waals surface area contributed by atoms with Crippen molar-refractivity contribution in [2.24, 2.45) is 0 Å². The molecule has 0 aliphatic carbocycles. The largest absolute Gasteiger partial charge is 0.487 e. The maximum atomic E-state index is 11.2. The highest BCUT2D eigenvalue weighted by Crippen LogP contribution is 2.14. The molecule has 5 heteroatoms. The Bertz CT molecular complexity index is 358. The molecule has 1 amide bonds. The minimum Gasteiger partial charge on any atom is -0.487 e. The van der Waals surface area contributed by atoms with Crippen molar-refractivity contribution in [1.29, 1.82) is 0 Å². The van der Waals surface area contributed by atoms with Crippen molar-refractivity contribution in [3.8, 4) is 5.75 Å². The van der Waals surface area contributed by atoms with E-state index in [9.17, 15) is 4.79 Å². The molecule has 86 valence electrons. The summed E-state index contributed by atoms with van der Waals surface area (Å²) in [5.74, 6) is 0.524. The van der Waals surface area contributed by atoms with Crippen LogP contribution in [0.15, 0.2) is 18.3 Å². The number of hydrogen-bond acceptors (Lipinski definition) is 4. The van der Waals surface area contributed by atoms with E-state index in [1.807, 2.05) is 0 Å². The van der Waals surface area contributed by atoms with E-state index in [2.05, 4.69) is 15.6 Å². The highest BCUT2D eigenvalue weighted by Gasteiger charge is 2.16. The molecule has 0 spiro atoms. The van der Waals surface area contributed by atoms with Crippen molar-refractivity contribution in [3.63, 3.8) is 0 Å². The zero-order valence-corrected chi connectivity index (χ0v) is 9.19. The fourth-order valence-electron chi connectivity index (χ4n) is 1.63. The fourth-order valence-corrected chi connectivity index (χ4v) is 1.63. The van der Waals surface area contributed by atoms with Gasteiger partial charge in [0.05, 0.1) is 6.20 Å². The maximum Gasteiger partial charge on any atom is 0.269 e. The molecule has 1 aromatic heterocycles. The zero-order chi connectivity index (χ0) is 11.4. The summed E-state index contributed by atoms with van der Waals surface area (Å²) in [6.45, 7) is 1.87. The highest BCUT2D eigenvalue weighted by molar-refractivity contribution is 5.91. The van der Waals surface area contributed by atoms with Gasteiger partial charge in [0.15, 0.2) is 0 Å². The number of hydrogen-bond donors (Lipinski definition) is 2. The molecule has 1 fully saturated rings. The Labute approximate surface area is 94.2 Å². The molecule has 2 N–H and O–H groups in total. The molecule has 1 unspecified atom stereocenters. The summed E-state index contributed by atoms with van der Waals surface area (Å²) in [5, 5.41) is 5.74. The van der Waals surface area contributed by atoms with Gasteiger partial charge >= 0.3 is 0 Å². The van der Waals surface area contributed by atoms with Crippen LogP contribution < -0.4 is 15.4 Å². The third-order valence-electron chi connectivity index (χ3n) is 2.51. The topological polar surface area (TPSA) is 63.2 Å². The first kappa shape index (κ1) is 10.9. The normalized spacial score (nSPS) is 19.4. The summed E-state index contributed by atoms with van der Waals surface area (Å²) in [4.78, 5) is 15.3. The van der Waals surface area contributed by atoms with Crippen molar-refractivity contribution >= 4 is 5.91 Å². The van der Waals surface area contributed by atoms with Gasteiger partial charge in [0, 0.05) is 13.6 Å².